The molecular formula is C14H14BrNO2. The van der Waals surface area contributed by atoms with Gasteiger partial charge in [0.1, 0.15) is 5.75 Å². The minimum absolute atomic E-state index is 0.0249. The Hall–Kier alpha value is -1.55. The first-order valence-electron chi connectivity index (χ1n) is 5.61. The summed E-state index contributed by atoms with van der Waals surface area (Å²) >= 11 is 3.42. The molecular weight excluding hydrogens is 294 g/mol. The van der Waals surface area contributed by atoms with Crippen molar-refractivity contribution in [2.45, 2.75) is 6.92 Å². The van der Waals surface area contributed by atoms with Crippen LogP contribution < -0.4 is 4.74 Å². The first kappa shape index (κ1) is 12.9. The van der Waals surface area contributed by atoms with Crippen molar-refractivity contribution in [2.24, 2.45) is 7.05 Å². The summed E-state index contributed by atoms with van der Waals surface area (Å²) in [6.07, 6.45) is 1.84. The van der Waals surface area contributed by atoms with Crippen LogP contribution in [-0.4, -0.2) is 17.0 Å². The molecule has 0 fully saturated rings. The third-order valence-corrected chi connectivity index (χ3v) is 3.62. The number of nitrogens with zero attached hydrogens (tertiary/aromatic N) is 1. The van der Waals surface area contributed by atoms with Gasteiger partial charge in [0.05, 0.1) is 5.69 Å². The summed E-state index contributed by atoms with van der Waals surface area (Å²) in [5.74, 6) is 0.682. The number of carbonyl (C=O) groups excluding carboxylic acids is 1. The Morgan fingerprint density at radius 3 is 2.78 bits per heavy atom. The van der Waals surface area contributed by atoms with E-state index in [-0.39, 0.29) is 12.4 Å². The van der Waals surface area contributed by atoms with Crippen LogP contribution in [0, 0.1) is 6.92 Å². The Labute approximate surface area is 115 Å². The van der Waals surface area contributed by atoms with Crippen LogP contribution in [0.5, 0.6) is 5.75 Å². The van der Waals surface area contributed by atoms with Crippen molar-refractivity contribution in [1.82, 2.24) is 4.57 Å². The minimum Gasteiger partial charge on any atom is -0.485 e. The van der Waals surface area contributed by atoms with Gasteiger partial charge < -0.3 is 9.30 Å². The number of aromatic nitrogens is 1. The smallest absolute Gasteiger partial charge is 0.216 e. The monoisotopic (exact) mass is 307 g/mol. The zero-order chi connectivity index (χ0) is 13.1. The Morgan fingerprint density at radius 2 is 2.17 bits per heavy atom. The summed E-state index contributed by atoms with van der Waals surface area (Å²) in [4.78, 5) is 11.9. The molecule has 0 atom stereocenters. The van der Waals surface area contributed by atoms with Gasteiger partial charge in [0, 0.05) is 17.7 Å². The predicted molar refractivity (Wildman–Crippen MR) is 74.1 cm³/mol. The van der Waals surface area contributed by atoms with E-state index >= 15 is 0 Å². The second-order valence-corrected chi connectivity index (χ2v) is 4.98. The molecule has 1 aromatic heterocycles. The molecule has 94 valence electrons. The summed E-state index contributed by atoms with van der Waals surface area (Å²) in [6, 6.07) is 9.30. The number of rotatable bonds is 4. The SMILES string of the molecule is Cc1cc(OCC(=O)c2cccn2C)ccc1Br. The van der Waals surface area contributed by atoms with Crippen LogP contribution in [0.2, 0.25) is 0 Å². The molecule has 0 aliphatic carbocycles. The third-order valence-electron chi connectivity index (χ3n) is 2.73. The summed E-state index contributed by atoms with van der Waals surface area (Å²) in [7, 11) is 1.84. The van der Waals surface area contributed by atoms with Crippen molar-refractivity contribution in [3.8, 4) is 5.75 Å². The molecule has 0 aliphatic rings. The maximum Gasteiger partial charge on any atom is 0.216 e. The van der Waals surface area contributed by atoms with Crippen molar-refractivity contribution < 1.29 is 9.53 Å². The molecule has 1 heterocycles. The maximum atomic E-state index is 11.9. The number of Topliss-reactive ketones (excluding diaryl/α,β-unsaturated/α-hetero) is 1. The normalized spacial score (nSPS) is 10.4. The Kier molecular flexibility index (Phi) is 3.87. The van der Waals surface area contributed by atoms with E-state index < -0.39 is 0 Å². The summed E-state index contributed by atoms with van der Waals surface area (Å²) in [6.45, 7) is 2.04. The maximum absolute atomic E-state index is 11.9. The zero-order valence-corrected chi connectivity index (χ0v) is 11.9. The summed E-state index contributed by atoms with van der Waals surface area (Å²) in [5.41, 5.74) is 1.74. The first-order valence-corrected chi connectivity index (χ1v) is 6.40. The average Bonchev–Trinajstić information content (AvgIpc) is 2.77. The lowest BCUT2D eigenvalue weighted by Gasteiger charge is -2.07. The van der Waals surface area contributed by atoms with Crippen molar-refractivity contribution >= 4 is 21.7 Å². The van der Waals surface area contributed by atoms with E-state index in [1.165, 1.54) is 0 Å². The molecule has 0 bridgehead atoms. The lowest BCUT2D eigenvalue weighted by molar-refractivity contribution is 0.0913. The van der Waals surface area contributed by atoms with Gasteiger partial charge in [0.25, 0.3) is 0 Å². The number of halogens is 1. The van der Waals surface area contributed by atoms with E-state index in [2.05, 4.69) is 15.9 Å². The fraction of sp³-hybridized carbons (Fsp3) is 0.214. The van der Waals surface area contributed by atoms with Crippen LogP contribution in [-0.2, 0) is 7.05 Å². The second kappa shape index (κ2) is 5.40. The summed E-state index contributed by atoms with van der Waals surface area (Å²) in [5, 5.41) is 0. The molecule has 0 radical (unpaired) electrons. The summed E-state index contributed by atoms with van der Waals surface area (Å²) < 4.78 is 8.32. The van der Waals surface area contributed by atoms with Crippen LogP contribution in [0.3, 0.4) is 0 Å². The molecule has 0 unspecified atom stereocenters. The largest absolute Gasteiger partial charge is 0.485 e. The molecule has 0 aliphatic heterocycles. The fourth-order valence-electron chi connectivity index (χ4n) is 1.68. The number of carbonyl (C=O) groups is 1. The van der Waals surface area contributed by atoms with E-state index in [0.29, 0.717) is 11.4 Å². The van der Waals surface area contributed by atoms with E-state index in [4.69, 9.17) is 4.74 Å². The molecule has 1 aromatic carbocycles. The number of hydrogen-bond acceptors (Lipinski definition) is 2. The molecule has 0 saturated heterocycles. The highest BCUT2D eigenvalue weighted by atomic mass is 79.9. The predicted octanol–water partition coefficient (Wildman–Crippen LogP) is 3.36. The highest BCUT2D eigenvalue weighted by Gasteiger charge is 2.09. The topological polar surface area (TPSA) is 31.2 Å². The molecule has 0 spiro atoms. The number of hydrogen-bond donors (Lipinski definition) is 0. The Balaban J connectivity index is 2.02. The number of ether oxygens (including phenoxy) is 1. The molecule has 2 rings (SSSR count). The molecule has 3 nitrogen and oxygen atoms in total. The van der Waals surface area contributed by atoms with Crippen molar-refractivity contribution in [1.29, 1.82) is 0 Å². The standard InChI is InChI=1S/C14H14BrNO2/c1-10-8-11(5-6-12(10)15)18-9-14(17)13-4-3-7-16(13)2/h3-8H,9H2,1-2H3. The lowest BCUT2D eigenvalue weighted by atomic mass is 10.2. The van der Waals surface area contributed by atoms with E-state index in [0.717, 1.165) is 10.0 Å². The Bertz CT molecular complexity index is 575. The van der Waals surface area contributed by atoms with Gasteiger partial charge in [-0.1, -0.05) is 15.9 Å². The van der Waals surface area contributed by atoms with Gasteiger partial charge >= 0.3 is 0 Å². The van der Waals surface area contributed by atoms with Crippen LogP contribution in [0.15, 0.2) is 41.0 Å². The van der Waals surface area contributed by atoms with Crippen LogP contribution >= 0.6 is 15.9 Å². The first-order chi connectivity index (χ1) is 8.58. The van der Waals surface area contributed by atoms with Gasteiger partial charge in [0.2, 0.25) is 5.78 Å². The fourth-order valence-corrected chi connectivity index (χ4v) is 1.93. The molecule has 4 heteroatoms. The molecule has 0 N–H and O–H groups in total. The van der Waals surface area contributed by atoms with Gasteiger partial charge in [-0.15, -0.1) is 0 Å². The highest BCUT2D eigenvalue weighted by molar-refractivity contribution is 9.10. The van der Waals surface area contributed by atoms with Gasteiger partial charge in [-0.25, -0.2) is 0 Å². The van der Waals surface area contributed by atoms with Crippen LogP contribution in [0.4, 0.5) is 0 Å². The third kappa shape index (κ3) is 2.82. The van der Waals surface area contributed by atoms with E-state index in [1.54, 1.807) is 10.6 Å². The Morgan fingerprint density at radius 1 is 1.39 bits per heavy atom. The highest BCUT2D eigenvalue weighted by Crippen LogP contribution is 2.21. The average molecular weight is 308 g/mol. The van der Waals surface area contributed by atoms with Gasteiger partial charge in [0.15, 0.2) is 6.61 Å². The van der Waals surface area contributed by atoms with Crippen molar-refractivity contribution in [3.05, 3.63) is 52.3 Å². The van der Waals surface area contributed by atoms with Crippen LogP contribution in [0.1, 0.15) is 16.1 Å². The van der Waals surface area contributed by atoms with Crippen molar-refractivity contribution in [2.75, 3.05) is 6.61 Å². The van der Waals surface area contributed by atoms with Gasteiger partial charge in [-0.05, 0) is 42.8 Å². The number of aryl methyl sites for hydroxylation is 2. The lowest BCUT2D eigenvalue weighted by Crippen LogP contribution is -2.14. The quantitative estimate of drug-likeness (QED) is 0.811. The zero-order valence-electron chi connectivity index (χ0n) is 10.3. The van der Waals surface area contributed by atoms with Crippen molar-refractivity contribution in [3.63, 3.8) is 0 Å². The molecule has 0 amide bonds. The van der Waals surface area contributed by atoms with E-state index in [1.807, 2.05) is 44.4 Å². The van der Waals surface area contributed by atoms with E-state index in [9.17, 15) is 4.79 Å². The molecule has 2 aromatic rings. The number of benzene rings is 1. The van der Waals surface area contributed by atoms with Gasteiger partial charge in [-0.3, -0.25) is 4.79 Å². The number of ketones is 1. The molecule has 0 saturated carbocycles. The van der Waals surface area contributed by atoms with Crippen LogP contribution in [0.25, 0.3) is 0 Å². The minimum atomic E-state index is -0.0249. The van der Waals surface area contributed by atoms with Gasteiger partial charge in [-0.2, -0.15) is 0 Å². The second-order valence-electron chi connectivity index (χ2n) is 4.13. The molecule has 18 heavy (non-hydrogen) atoms.